The highest BCUT2D eigenvalue weighted by atomic mass is 14.9. The number of piperidine rings is 2. The van der Waals surface area contributed by atoms with Gasteiger partial charge >= 0.3 is 0 Å². The van der Waals surface area contributed by atoms with Crippen molar-refractivity contribution < 1.29 is 0 Å². The van der Waals surface area contributed by atoms with Crippen LogP contribution >= 0.6 is 0 Å². The predicted octanol–water partition coefficient (Wildman–Crippen LogP) is 2.12. The Labute approximate surface area is 97.5 Å². The highest BCUT2D eigenvalue weighted by Crippen LogP contribution is 2.45. The van der Waals surface area contributed by atoms with Gasteiger partial charge in [0, 0.05) is 17.7 Å². The Balaban J connectivity index is 1.96. The number of fused-ring (bicyclic) bond motifs is 2. The first-order valence-electron chi connectivity index (χ1n) is 6.43. The molecule has 1 aliphatic carbocycles. The number of allylic oxidation sites excluding steroid dienone is 5. The van der Waals surface area contributed by atoms with Crippen LogP contribution in [-0.2, 0) is 0 Å². The molecular weight excluding hydrogens is 196 g/mol. The molecule has 1 spiro atoms. The molecule has 2 heterocycles. The molecule has 0 aromatic carbocycles. The van der Waals surface area contributed by atoms with E-state index in [-0.39, 0.29) is 0 Å². The molecule has 3 rings (SSSR count). The van der Waals surface area contributed by atoms with Crippen molar-refractivity contribution in [1.82, 2.24) is 10.6 Å². The molecule has 2 saturated heterocycles. The van der Waals surface area contributed by atoms with Crippen LogP contribution in [0.2, 0.25) is 0 Å². The fourth-order valence-electron chi connectivity index (χ4n) is 3.28. The van der Waals surface area contributed by atoms with Gasteiger partial charge in [-0.1, -0.05) is 18.2 Å². The molecule has 2 aliphatic heterocycles. The summed E-state index contributed by atoms with van der Waals surface area (Å²) in [5.74, 6) is 0. The summed E-state index contributed by atoms with van der Waals surface area (Å²) in [6.45, 7) is 3.49. The van der Waals surface area contributed by atoms with Gasteiger partial charge in [-0.3, -0.25) is 0 Å². The third-order valence-electron chi connectivity index (χ3n) is 4.20. The number of hydrogen-bond donors (Lipinski definition) is 2. The van der Waals surface area contributed by atoms with Gasteiger partial charge in [0.25, 0.3) is 0 Å². The van der Waals surface area contributed by atoms with Crippen LogP contribution in [0.15, 0.2) is 35.6 Å². The van der Waals surface area contributed by atoms with Crippen molar-refractivity contribution in [1.29, 1.82) is 0 Å². The van der Waals surface area contributed by atoms with Crippen molar-refractivity contribution in [3.05, 3.63) is 35.6 Å². The van der Waals surface area contributed by atoms with Crippen molar-refractivity contribution in [2.75, 3.05) is 19.6 Å². The van der Waals surface area contributed by atoms with Gasteiger partial charge in [0.2, 0.25) is 0 Å². The van der Waals surface area contributed by atoms with E-state index in [4.69, 9.17) is 0 Å². The summed E-state index contributed by atoms with van der Waals surface area (Å²) < 4.78 is 0. The summed E-state index contributed by atoms with van der Waals surface area (Å²) in [7, 11) is 0. The second-order valence-electron chi connectivity index (χ2n) is 5.07. The Morgan fingerprint density at radius 1 is 1.06 bits per heavy atom. The zero-order valence-corrected chi connectivity index (χ0v) is 9.76. The second-order valence-corrected chi connectivity index (χ2v) is 5.07. The third-order valence-corrected chi connectivity index (χ3v) is 4.20. The number of nitrogens with one attached hydrogen (secondary N) is 2. The predicted molar refractivity (Wildman–Crippen MR) is 67.1 cm³/mol. The molecule has 0 radical (unpaired) electrons. The Hall–Kier alpha value is -1.02. The summed E-state index contributed by atoms with van der Waals surface area (Å²) in [6.07, 6.45) is 14.1. The third kappa shape index (κ3) is 1.61. The summed E-state index contributed by atoms with van der Waals surface area (Å²) in [4.78, 5) is 0. The highest BCUT2D eigenvalue weighted by molar-refractivity contribution is 5.42. The maximum atomic E-state index is 3.55. The van der Waals surface area contributed by atoms with Gasteiger partial charge in [-0.25, -0.2) is 0 Å². The molecule has 86 valence electrons. The van der Waals surface area contributed by atoms with Crippen LogP contribution in [0.25, 0.3) is 0 Å². The fraction of sp³-hybridized carbons (Fsp3) is 0.571. The summed E-state index contributed by atoms with van der Waals surface area (Å²) in [5.41, 5.74) is 3.43. The van der Waals surface area contributed by atoms with Crippen LogP contribution in [0.5, 0.6) is 0 Å². The Morgan fingerprint density at radius 2 is 1.88 bits per heavy atom. The van der Waals surface area contributed by atoms with Gasteiger partial charge in [0.1, 0.15) is 0 Å². The molecule has 0 unspecified atom stereocenters. The number of hydrogen-bond acceptors (Lipinski definition) is 2. The van der Waals surface area contributed by atoms with E-state index in [1.807, 2.05) is 0 Å². The van der Waals surface area contributed by atoms with E-state index in [0.717, 1.165) is 13.0 Å². The normalized spacial score (nSPS) is 27.5. The van der Waals surface area contributed by atoms with E-state index in [1.165, 1.54) is 38.0 Å². The lowest BCUT2D eigenvalue weighted by Gasteiger charge is -2.44. The van der Waals surface area contributed by atoms with Crippen LogP contribution in [0.3, 0.4) is 0 Å². The van der Waals surface area contributed by atoms with Crippen LogP contribution in [-0.4, -0.2) is 19.6 Å². The Morgan fingerprint density at radius 3 is 2.75 bits per heavy atom. The van der Waals surface area contributed by atoms with Gasteiger partial charge in [0.05, 0.1) is 0 Å². The first-order chi connectivity index (χ1) is 7.91. The molecule has 0 amide bonds. The minimum absolute atomic E-state index is 0.467. The van der Waals surface area contributed by atoms with E-state index in [1.54, 1.807) is 5.57 Å². The first-order valence-corrected chi connectivity index (χ1v) is 6.43. The zero-order valence-electron chi connectivity index (χ0n) is 9.76. The molecule has 2 heteroatoms. The fourth-order valence-corrected chi connectivity index (χ4v) is 3.28. The Kier molecular flexibility index (Phi) is 2.60. The van der Waals surface area contributed by atoms with Gasteiger partial charge in [-0.2, -0.15) is 0 Å². The molecule has 2 N–H and O–H groups in total. The Bertz CT molecular complexity index is 351. The lowest BCUT2D eigenvalue weighted by Crippen LogP contribution is -2.44. The number of rotatable bonds is 0. The SMILES string of the molecule is C1=CCC=C2C(=C1)NCCC21CCNCC1. The second kappa shape index (κ2) is 4.10. The van der Waals surface area contributed by atoms with E-state index < -0.39 is 0 Å². The van der Waals surface area contributed by atoms with Gasteiger partial charge < -0.3 is 10.6 Å². The lowest BCUT2D eigenvalue weighted by atomic mass is 9.67. The smallest absolute Gasteiger partial charge is 0.0375 e. The molecule has 16 heavy (non-hydrogen) atoms. The van der Waals surface area contributed by atoms with Crippen LogP contribution in [0.1, 0.15) is 25.7 Å². The van der Waals surface area contributed by atoms with E-state index >= 15 is 0 Å². The molecule has 0 saturated carbocycles. The molecule has 2 fully saturated rings. The summed E-state index contributed by atoms with van der Waals surface area (Å²) >= 11 is 0. The first kappa shape index (κ1) is 10.2. The average molecular weight is 216 g/mol. The molecular formula is C14H20N2. The van der Waals surface area contributed by atoms with Crippen molar-refractivity contribution in [3.8, 4) is 0 Å². The minimum Gasteiger partial charge on any atom is -0.385 e. The lowest BCUT2D eigenvalue weighted by molar-refractivity contribution is 0.221. The maximum Gasteiger partial charge on any atom is 0.0375 e. The van der Waals surface area contributed by atoms with Crippen LogP contribution < -0.4 is 10.6 Å². The highest BCUT2D eigenvalue weighted by Gasteiger charge is 2.39. The van der Waals surface area contributed by atoms with E-state index in [9.17, 15) is 0 Å². The quantitative estimate of drug-likeness (QED) is 0.648. The molecule has 0 bridgehead atoms. The van der Waals surface area contributed by atoms with Crippen molar-refractivity contribution in [2.45, 2.75) is 25.7 Å². The standard InChI is InChI=1S/C14H20N2/c1-2-4-12-13(5-3-1)16-11-8-14(12)6-9-15-10-7-14/h1,3-5,15-16H,2,6-11H2. The van der Waals surface area contributed by atoms with Gasteiger partial charge in [-0.05, 0) is 50.4 Å². The topological polar surface area (TPSA) is 24.1 Å². The summed E-state index contributed by atoms with van der Waals surface area (Å²) in [6, 6.07) is 0. The van der Waals surface area contributed by atoms with Crippen LogP contribution in [0, 0.1) is 5.41 Å². The van der Waals surface area contributed by atoms with Crippen molar-refractivity contribution >= 4 is 0 Å². The van der Waals surface area contributed by atoms with Crippen molar-refractivity contribution in [2.24, 2.45) is 5.41 Å². The largest absolute Gasteiger partial charge is 0.385 e. The summed E-state index contributed by atoms with van der Waals surface area (Å²) in [5, 5.41) is 7.04. The average Bonchev–Trinajstić information content (AvgIpc) is 2.57. The molecule has 0 aromatic rings. The monoisotopic (exact) mass is 216 g/mol. The van der Waals surface area contributed by atoms with Gasteiger partial charge in [0.15, 0.2) is 0 Å². The molecule has 0 atom stereocenters. The van der Waals surface area contributed by atoms with E-state index in [2.05, 4.69) is 34.9 Å². The van der Waals surface area contributed by atoms with Gasteiger partial charge in [-0.15, -0.1) is 0 Å². The minimum atomic E-state index is 0.467. The van der Waals surface area contributed by atoms with Crippen molar-refractivity contribution in [3.63, 3.8) is 0 Å². The maximum absolute atomic E-state index is 3.55. The molecule has 3 aliphatic rings. The molecule has 2 nitrogen and oxygen atoms in total. The molecule has 0 aromatic heterocycles. The van der Waals surface area contributed by atoms with E-state index in [0.29, 0.717) is 5.41 Å². The van der Waals surface area contributed by atoms with Crippen LogP contribution in [0.4, 0.5) is 0 Å². The zero-order chi connectivity index (χ0) is 10.8.